The summed E-state index contributed by atoms with van der Waals surface area (Å²) >= 11 is 1.78. The molecule has 0 aromatic heterocycles. The highest BCUT2D eigenvalue weighted by Gasteiger charge is 2.20. The number of hydrogen-bond donors (Lipinski definition) is 2. The Labute approximate surface area is 149 Å². The van der Waals surface area contributed by atoms with Gasteiger partial charge >= 0.3 is 0 Å². The first kappa shape index (κ1) is 20.1. The van der Waals surface area contributed by atoms with Crippen LogP contribution in [0.1, 0.15) is 26.2 Å². The summed E-state index contributed by atoms with van der Waals surface area (Å²) in [7, 11) is 1.69. The number of thioether (sulfide) groups is 1. The molecular weight excluding hydrogens is 332 g/mol. The van der Waals surface area contributed by atoms with Crippen LogP contribution >= 0.6 is 24.2 Å². The van der Waals surface area contributed by atoms with Crippen molar-refractivity contribution in [2.45, 2.75) is 37.1 Å². The minimum absolute atomic E-state index is 0. The number of hydrogen-bond acceptors (Lipinski definition) is 4. The smallest absolute Gasteiger partial charge is 0.237 e. The van der Waals surface area contributed by atoms with Gasteiger partial charge in [-0.3, -0.25) is 4.79 Å². The van der Waals surface area contributed by atoms with Crippen LogP contribution in [0.25, 0.3) is 0 Å². The summed E-state index contributed by atoms with van der Waals surface area (Å²) < 4.78 is 5.36. The highest BCUT2D eigenvalue weighted by molar-refractivity contribution is 7.99. The summed E-state index contributed by atoms with van der Waals surface area (Å²) in [5.74, 6) is 2.44. The average Bonchev–Trinajstić information content (AvgIpc) is 2.58. The number of rotatable bonds is 7. The van der Waals surface area contributed by atoms with Crippen molar-refractivity contribution in [3.63, 3.8) is 0 Å². The van der Waals surface area contributed by atoms with Crippen LogP contribution in [0.4, 0.5) is 0 Å². The number of ether oxygens (including phenoxy) is 1. The molecule has 2 N–H and O–H groups in total. The Kier molecular flexibility index (Phi) is 9.44. The zero-order valence-corrected chi connectivity index (χ0v) is 15.5. The van der Waals surface area contributed by atoms with Crippen molar-refractivity contribution in [1.29, 1.82) is 0 Å². The number of amides is 1. The van der Waals surface area contributed by atoms with Crippen molar-refractivity contribution < 1.29 is 9.53 Å². The van der Waals surface area contributed by atoms with E-state index in [1.165, 1.54) is 6.42 Å². The van der Waals surface area contributed by atoms with Crippen LogP contribution in [-0.2, 0) is 4.79 Å². The van der Waals surface area contributed by atoms with Gasteiger partial charge in [0, 0.05) is 17.2 Å². The van der Waals surface area contributed by atoms with Gasteiger partial charge in [-0.25, -0.2) is 0 Å². The molecule has 4 nitrogen and oxygen atoms in total. The first-order valence-corrected chi connectivity index (χ1v) is 8.96. The Morgan fingerprint density at radius 1 is 1.43 bits per heavy atom. The Hall–Kier alpha value is -0.910. The molecule has 1 aromatic rings. The summed E-state index contributed by atoms with van der Waals surface area (Å²) in [6.45, 7) is 3.84. The lowest BCUT2D eigenvalue weighted by atomic mass is 10.0. The molecule has 0 spiro atoms. The molecule has 1 aliphatic rings. The van der Waals surface area contributed by atoms with Crippen LogP contribution in [0.2, 0.25) is 0 Å². The maximum Gasteiger partial charge on any atom is 0.237 e. The number of piperidine rings is 1. The van der Waals surface area contributed by atoms with Crippen LogP contribution in [0.15, 0.2) is 29.2 Å². The standard InChI is InChI=1S/C17H26N2O2S.ClH/c1-13(11-19-17(20)14-7-5-6-10-18-14)12-22-16-9-4-3-8-15(16)21-2;/h3-4,8-9,13-14,18H,5-7,10-12H2,1-2H3,(H,19,20);1H/t13?,14-;/m0./s1. The highest BCUT2D eigenvalue weighted by Crippen LogP contribution is 2.29. The lowest BCUT2D eigenvalue weighted by Crippen LogP contribution is -2.47. The van der Waals surface area contributed by atoms with Gasteiger partial charge in [-0.05, 0) is 37.4 Å². The molecule has 1 unspecified atom stereocenters. The van der Waals surface area contributed by atoms with E-state index in [9.17, 15) is 4.79 Å². The predicted molar refractivity (Wildman–Crippen MR) is 98.8 cm³/mol. The van der Waals surface area contributed by atoms with E-state index in [-0.39, 0.29) is 24.4 Å². The normalized spacial score (nSPS) is 18.6. The summed E-state index contributed by atoms with van der Waals surface area (Å²) in [4.78, 5) is 13.2. The van der Waals surface area contributed by atoms with Gasteiger partial charge in [-0.2, -0.15) is 0 Å². The molecular formula is C17H27ClN2O2S. The number of benzene rings is 1. The SMILES string of the molecule is COc1ccccc1SCC(C)CNC(=O)[C@@H]1CCCCN1.Cl. The Bertz CT molecular complexity index is 481. The molecule has 1 heterocycles. The van der Waals surface area contributed by atoms with E-state index < -0.39 is 0 Å². The van der Waals surface area contributed by atoms with Gasteiger partial charge in [-0.1, -0.05) is 25.5 Å². The maximum absolute atomic E-state index is 12.1. The van der Waals surface area contributed by atoms with Crippen molar-refractivity contribution in [3.8, 4) is 5.75 Å². The topological polar surface area (TPSA) is 50.4 Å². The second kappa shape index (κ2) is 10.8. The second-order valence-corrected chi connectivity index (χ2v) is 6.88. The van der Waals surface area contributed by atoms with Gasteiger partial charge in [0.2, 0.25) is 5.91 Å². The van der Waals surface area contributed by atoms with Crippen LogP contribution in [-0.4, -0.2) is 37.9 Å². The second-order valence-electron chi connectivity index (χ2n) is 5.81. The molecule has 0 radical (unpaired) electrons. The lowest BCUT2D eigenvalue weighted by molar-refractivity contribution is -0.123. The number of carbonyl (C=O) groups excluding carboxylic acids is 1. The summed E-state index contributed by atoms with van der Waals surface area (Å²) in [5, 5.41) is 6.35. The summed E-state index contributed by atoms with van der Waals surface area (Å²) in [6.07, 6.45) is 3.27. The predicted octanol–water partition coefficient (Wildman–Crippen LogP) is 3.10. The third-order valence-electron chi connectivity index (χ3n) is 3.84. The molecule has 1 aromatic carbocycles. The van der Waals surface area contributed by atoms with Gasteiger partial charge in [0.05, 0.1) is 13.2 Å². The molecule has 1 fully saturated rings. The largest absolute Gasteiger partial charge is 0.496 e. The Balaban J connectivity index is 0.00000264. The van der Waals surface area contributed by atoms with E-state index in [0.29, 0.717) is 5.92 Å². The van der Waals surface area contributed by atoms with Gasteiger partial charge in [-0.15, -0.1) is 24.2 Å². The van der Waals surface area contributed by atoms with E-state index in [2.05, 4.69) is 23.6 Å². The van der Waals surface area contributed by atoms with Crippen molar-refractivity contribution in [2.24, 2.45) is 5.92 Å². The molecule has 2 atom stereocenters. The average molecular weight is 359 g/mol. The van der Waals surface area contributed by atoms with Crippen LogP contribution in [0.3, 0.4) is 0 Å². The number of para-hydroxylation sites is 1. The molecule has 0 saturated carbocycles. The van der Waals surface area contributed by atoms with Crippen LogP contribution in [0.5, 0.6) is 5.75 Å². The fourth-order valence-electron chi connectivity index (χ4n) is 2.50. The summed E-state index contributed by atoms with van der Waals surface area (Å²) in [5.41, 5.74) is 0. The van der Waals surface area contributed by atoms with Crippen LogP contribution < -0.4 is 15.4 Å². The zero-order valence-electron chi connectivity index (χ0n) is 13.8. The minimum Gasteiger partial charge on any atom is -0.496 e. The zero-order chi connectivity index (χ0) is 15.8. The molecule has 1 aliphatic heterocycles. The number of halogens is 1. The molecule has 0 aliphatic carbocycles. The van der Waals surface area contributed by atoms with Gasteiger partial charge in [0.1, 0.15) is 5.75 Å². The fraction of sp³-hybridized carbons (Fsp3) is 0.588. The lowest BCUT2D eigenvalue weighted by Gasteiger charge is -2.23. The molecule has 1 saturated heterocycles. The third kappa shape index (κ3) is 6.61. The highest BCUT2D eigenvalue weighted by atomic mass is 35.5. The van der Waals surface area contributed by atoms with E-state index in [4.69, 9.17) is 4.74 Å². The monoisotopic (exact) mass is 358 g/mol. The van der Waals surface area contributed by atoms with Crippen molar-refractivity contribution in [1.82, 2.24) is 10.6 Å². The molecule has 0 bridgehead atoms. The molecule has 6 heteroatoms. The molecule has 1 amide bonds. The fourth-order valence-corrected chi connectivity index (χ4v) is 3.55. The van der Waals surface area contributed by atoms with E-state index in [0.717, 1.165) is 42.3 Å². The van der Waals surface area contributed by atoms with Crippen LogP contribution in [0, 0.1) is 5.92 Å². The van der Waals surface area contributed by atoms with E-state index in [1.807, 2.05) is 18.2 Å². The number of methoxy groups -OCH3 is 1. The molecule has 2 rings (SSSR count). The Morgan fingerprint density at radius 2 is 2.22 bits per heavy atom. The van der Waals surface area contributed by atoms with Crippen molar-refractivity contribution >= 4 is 30.1 Å². The minimum atomic E-state index is 0. The van der Waals surface area contributed by atoms with E-state index >= 15 is 0 Å². The van der Waals surface area contributed by atoms with Gasteiger partial charge < -0.3 is 15.4 Å². The van der Waals surface area contributed by atoms with Crippen molar-refractivity contribution in [2.75, 3.05) is 26.0 Å². The van der Waals surface area contributed by atoms with E-state index in [1.54, 1.807) is 18.9 Å². The maximum atomic E-state index is 12.1. The molecule has 130 valence electrons. The number of carbonyl (C=O) groups is 1. The number of nitrogens with one attached hydrogen (secondary N) is 2. The Morgan fingerprint density at radius 3 is 2.91 bits per heavy atom. The van der Waals surface area contributed by atoms with Gasteiger partial charge in [0.25, 0.3) is 0 Å². The first-order valence-electron chi connectivity index (χ1n) is 7.97. The quantitative estimate of drug-likeness (QED) is 0.735. The van der Waals surface area contributed by atoms with Crippen molar-refractivity contribution in [3.05, 3.63) is 24.3 Å². The first-order chi connectivity index (χ1) is 10.7. The molecule has 23 heavy (non-hydrogen) atoms. The van der Waals surface area contributed by atoms with Gasteiger partial charge in [0.15, 0.2) is 0 Å². The third-order valence-corrected chi connectivity index (χ3v) is 5.23. The summed E-state index contributed by atoms with van der Waals surface area (Å²) in [6, 6.07) is 8.04.